The van der Waals surface area contributed by atoms with Crippen LogP contribution in [-0.4, -0.2) is 40.6 Å². The van der Waals surface area contributed by atoms with Crippen LogP contribution < -0.4 is 0 Å². The standard InChI is InChI=1S/C24H27FN4O3S/c1-16(18-6-10-21(25)11-7-18)14-23(30)19-4-2-17(3-5-19)15-33(31,32)22-12-8-20(9-13-22)24-26-28-29-27-24/h6-13,16-17,19H,2-5,14-15H2,1H3,(H,26,27,28,29)/t16-,17?,19?/m0/s1. The lowest BCUT2D eigenvalue weighted by molar-refractivity contribution is -0.124. The molecule has 0 bridgehead atoms. The number of rotatable bonds is 8. The molecule has 1 N–H and O–H groups in total. The van der Waals surface area contributed by atoms with Crippen LogP contribution in [0.25, 0.3) is 11.4 Å². The summed E-state index contributed by atoms with van der Waals surface area (Å²) in [6, 6.07) is 12.8. The molecule has 0 unspecified atom stereocenters. The van der Waals surface area contributed by atoms with Crippen LogP contribution >= 0.6 is 0 Å². The normalized spacial score (nSPS) is 19.8. The summed E-state index contributed by atoms with van der Waals surface area (Å²) in [5.41, 5.74) is 1.64. The van der Waals surface area contributed by atoms with Crippen LogP contribution in [0.1, 0.15) is 50.5 Å². The van der Waals surface area contributed by atoms with Gasteiger partial charge in [-0.3, -0.25) is 4.79 Å². The zero-order valence-electron chi connectivity index (χ0n) is 18.4. The highest BCUT2D eigenvalue weighted by Gasteiger charge is 2.30. The molecular weight excluding hydrogens is 443 g/mol. The number of carbonyl (C=O) groups is 1. The Hall–Kier alpha value is -2.94. The predicted octanol–water partition coefficient (Wildman–Crippen LogP) is 4.35. The first kappa shape index (κ1) is 23.2. The number of hydrogen-bond donors (Lipinski definition) is 1. The van der Waals surface area contributed by atoms with Crippen LogP contribution in [0.4, 0.5) is 4.39 Å². The van der Waals surface area contributed by atoms with Crippen LogP contribution in [0.3, 0.4) is 0 Å². The molecule has 3 aromatic rings. The second-order valence-corrected chi connectivity index (χ2v) is 10.9. The maximum absolute atomic E-state index is 13.1. The maximum atomic E-state index is 13.1. The zero-order valence-corrected chi connectivity index (χ0v) is 19.3. The summed E-state index contributed by atoms with van der Waals surface area (Å²) in [4.78, 5) is 13.1. The van der Waals surface area contributed by atoms with E-state index in [-0.39, 0.29) is 40.0 Å². The second-order valence-electron chi connectivity index (χ2n) is 8.88. The molecule has 174 valence electrons. The molecule has 0 radical (unpaired) electrons. The van der Waals surface area contributed by atoms with E-state index in [9.17, 15) is 17.6 Å². The van der Waals surface area contributed by atoms with E-state index < -0.39 is 9.84 Å². The fourth-order valence-corrected chi connectivity index (χ4v) is 6.23. The number of hydrogen-bond acceptors (Lipinski definition) is 6. The van der Waals surface area contributed by atoms with E-state index in [0.29, 0.717) is 30.7 Å². The van der Waals surface area contributed by atoms with Crippen LogP contribution in [0.5, 0.6) is 0 Å². The van der Waals surface area contributed by atoms with Crippen molar-refractivity contribution in [3.63, 3.8) is 0 Å². The number of sulfone groups is 1. The molecule has 9 heteroatoms. The van der Waals surface area contributed by atoms with Gasteiger partial charge in [-0.25, -0.2) is 12.8 Å². The van der Waals surface area contributed by atoms with E-state index >= 15 is 0 Å². The minimum absolute atomic E-state index is 0.0268. The quantitative estimate of drug-likeness (QED) is 0.525. The third kappa shape index (κ3) is 5.71. The molecule has 0 spiro atoms. The van der Waals surface area contributed by atoms with Crippen LogP contribution in [0.15, 0.2) is 53.4 Å². The molecule has 0 saturated heterocycles. The summed E-state index contributed by atoms with van der Waals surface area (Å²) < 4.78 is 38.9. The van der Waals surface area contributed by atoms with Gasteiger partial charge in [0.05, 0.1) is 10.6 Å². The number of aromatic nitrogens is 4. The molecule has 1 atom stereocenters. The SMILES string of the molecule is C[C@@H](CC(=O)C1CCC(CS(=O)(=O)c2ccc(-c3nn[nH]n3)cc2)CC1)c1ccc(F)cc1. The molecule has 7 nitrogen and oxygen atoms in total. The third-order valence-electron chi connectivity index (χ3n) is 6.52. The summed E-state index contributed by atoms with van der Waals surface area (Å²) in [7, 11) is -3.42. The van der Waals surface area contributed by atoms with Crippen molar-refractivity contribution < 1.29 is 17.6 Å². The highest BCUT2D eigenvalue weighted by atomic mass is 32.2. The lowest BCUT2D eigenvalue weighted by atomic mass is 9.78. The molecule has 1 heterocycles. The van der Waals surface area contributed by atoms with Crippen molar-refractivity contribution in [1.29, 1.82) is 0 Å². The van der Waals surface area contributed by atoms with Gasteiger partial charge < -0.3 is 0 Å². The first-order valence-electron chi connectivity index (χ1n) is 11.2. The van der Waals surface area contributed by atoms with Crippen LogP contribution in [-0.2, 0) is 14.6 Å². The Labute approximate surface area is 192 Å². The van der Waals surface area contributed by atoms with Crippen LogP contribution in [0.2, 0.25) is 0 Å². The molecular formula is C24H27FN4O3S. The summed E-state index contributed by atoms with van der Waals surface area (Å²) in [5, 5.41) is 13.7. The second kappa shape index (κ2) is 9.91. The highest BCUT2D eigenvalue weighted by molar-refractivity contribution is 7.91. The number of halogens is 1. The van der Waals surface area contributed by atoms with Gasteiger partial charge in [-0.15, -0.1) is 10.2 Å². The van der Waals surface area contributed by atoms with Crippen LogP contribution in [0, 0.1) is 17.7 Å². The monoisotopic (exact) mass is 470 g/mol. The van der Waals surface area contributed by atoms with E-state index in [1.807, 2.05) is 6.92 Å². The summed E-state index contributed by atoms with van der Waals surface area (Å²) in [6.07, 6.45) is 3.30. The minimum Gasteiger partial charge on any atom is -0.299 e. The molecule has 1 saturated carbocycles. The number of carbonyl (C=O) groups excluding carboxylic acids is 1. The average molecular weight is 471 g/mol. The predicted molar refractivity (Wildman–Crippen MR) is 122 cm³/mol. The van der Waals surface area contributed by atoms with Crippen molar-refractivity contribution in [1.82, 2.24) is 20.6 Å². The largest absolute Gasteiger partial charge is 0.299 e. The van der Waals surface area contributed by atoms with E-state index in [2.05, 4.69) is 20.6 Å². The third-order valence-corrected chi connectivity index (χ3v) is 8.42. The lowest BCUT2D eigenvalue weighted by Crippen LogP contribution is -2.26. The number of H-pyrrole nitrogens is 1. The number of Topliss-reactive ketones (excluding diaryl/α,β-unsaturated/α-hetero) is 1. The van der Waals surface area contributed by atoms with Gasteiger partial charge in [-0.05, 0) is 84.7 Å². The summed E-state index contributed by atoms with van der Waals surface area (Å²) in [6.45, 7) is 1.98. The van der Waals surface area contributed by atoms with Crippen molar-refractivity contribution >= 4 is 15.6 Å². The highest BCUT2D eigenvalue weighted by Crippen LogP contribution is 2.34. The fourth-order valence-electron chi connectivity index (χ4n) is 4.53. The molecule has 0 amide bonds. The van der Waals surface area contributed by atoms with Gasteiger partial charge in [0.2, 0.25) is 5.82 Å². The van der Waals surface area contributed by atoms with E-state index in [4.69, 9.17) is 0 Å². The lowest BCUT2D eigenvalue weighted by Gasteiger charge is -2.28. The Morgan fingerprint density at radius 3 is 2.33 bits per heavy atom. The summed E-state index contributed by atoms with van der Waals surface area (Å²) in [5.74, 6) is 0.481. The van der Waals surface area contributed by atoms with E-state index in [1.54, 1.807) is 36.4 Å². The first-order valence-corrected chi connectivity index (χ1v) is 12.8. The first-order chi connectivity index (χ1) is 15.8. The van der Waals surface area contributed by atoms with E-state index in [1.165, 1.54) is 12.1 Å². The number of nitrogens with zero attached hydrogens (tertiary/aromatic N) is 3. The Balaban J connectivity index is 1.29. The molecule has 0 aliphatic heterocycles. The van der Waals surface area contributed by atoms with Gasteiger partial charge in [0.25, 0.3) is 0 Å². The number of benzene rings is 2. The number of nitrogens with one attached hydrogen (secondary N) is 1. The van der Waals surface area contributed by atoms with Gasteiger partial charge in [0.15, 0.2) is 9.84 Å². The Kier molecular flexibility index (Phi) is 6.97. The van der Waals surface area contributed by atoms with Crippen molar-refractivity contribution in [3.8, 4) is 11.4 Å². The topological polar surface area (TPSA) is 106 Å². The van der Waals surface area contributed by atoms with Crippen molar-refractivity contribution in [2.75, 3.05) is 5.75 Å². The molecule has 33 heavy (non-hydrogen) atoms. The number of ketones is 1. The van der Waals surface area contributed by atoms with Gasteiger partial charge in [0, 0.05) is 17.9 Å². The van der Waals surface area contributed by atoms with Gasteiger partial charge in [0.1, 0.15) is 11.6 Å². The van der Waals surface area contributed by atoms with Crippen molar-refractivity contribution in [2.45, 2.75) is 49.8 Å². The fraction of sp³-hybridized carbons (Fsp3) is 0.417. The van der Waals surface area contributed by atoms with E-state index in [0.717, 1.165) is 18.4 Å². The Morgan fingerprint density at radius 2 is 1.73 bits per heavy atom. The molecule has 2 aromatic carbocycles. The number of tetrazole rings is 1. The zero-order chi connectivity index (χ0) is 23.4. The molecule has 4 rings (SSSR count). The summed E-state index contributed by atoms with van der Waals surface area (Å²) >= 11 is 0. The molecule has 1 aliphatic rings. The number of aromatic amines is 1. The minimum atomic E-state index is -3.42. The van der Waals surface area contributed by atoms with Gasteiger partial charge >= 0.3 is 0 Å². The smallest absolute Gasteiger partial charge is 0.204 e. The van der Waals surface area contributed by atoms with Gasteiger partial charge in [-0.1, -0.05) is 19.1 Å². The van der Waals surface area contributed by atoms with Crippen molar-refractivity contribution in [3.05, 3.63) is 59.9 Å². The molecule has 1 aromatic heterocycles. The van der Waals surface area contributed by atoms with Gasteiger partial charge in [-0.2, -0.15) is 5.21 Å². The molecule has 1 fully saturated rings. The van der Waals surface area contributed by atoms with Crippen molar-refractivity contribution in [2.24, 2.45) is 11.8 Å². The maximum Gasteiger partial charge on any atom is 0.204 e. The molecule has 1 aliphatic carbocycles. The Bertz CT molecular complexity index is 1170. The Morgan fingerprint density at radius 1 is 1.06 bits per heavy atom. The average Bonchev–Trinajstić information content (AvgIpc) is 3.35.